The number of carbonyl (C=O) groups excluding carboxylic acids is 2. The lowest BCUT2D eigenvalue weighted by molar-refractivity contribution is -0.195. The third kappa shape index (κ3) is 3.49. The fourth-order valence-electron chi connectivity index (χ4n) is 4.30. The van der Waals surface area contributed by atoms with Crippen molar-refractivity contribution in [2.24, 2.45) is 11.7 Å². The van der Waals surface area contributed by atoms with E-state index in [1.165, 1.54) is 0 Å². The van der Waals surface area contributed by atoms with Gasteiger partial charge in [-0.2, -0.15) is 13.2 Å². The van der Waals surface area contributed by atoms with Crippen molar-refractivity contribution in [2.45, 2.75) is 49.9 Å². The summed E-state index contributed by atoms with van der Waals surface area (Å²) in [4.78, 5) is 26.0. The molecule has 1 aromatic rings. The number of amides is 1. The summed E-state index contributed by atoms with van der Waals surface area (Å²) in [7, 11) is 0. The van der Waals surface area contributed by atoms with Crippen molar-refractivity contribution in [2.75, 3.05) is 6.54 Å². The summed E-state index contributed by atoms with van der Waals surface area (Å²) >= 11 is 0. The minimum absolute atomic E-state index is 0.116. The second-order valence-corrected chi connectivity index (χ2v) is 7.34. The molecule has 0 saturated carbocycles. The molecular weight excluding hydrogens is 390 g/mol. The lowest BCUT2D eigenvalue weighted by Crippen LogP contribution is -2.72. The van der Waals surface area contributed by atoms with E-state index < -0.39 is 65.7 Å². The van der Waals surface area contributed by atoms with Crippen LogP contribution in [0, 0.1) is 23.4 Å². The van der Waals surface area contributed by atoms with Crippen LogP contribution in [0.2, 0.25) is 0 Å². The lowest BCUT2D eigenvalue weighted by atomic mass is 9.67. The van der Waals surface area contributed by atoms with E-state index in [4.69, 9.17) is 5.73 Å². The molecule has 0 aliphatic carbocycles. The Hall–Kier alpha value is -2.10. The number of rotatable bonds is 6. The van der Waals surface area contributed by atoms with Gasteiger partial charge in [0.25, 0.3) is 0 Å². The number of hydrogen-bond acceptors (Lipinski definition) is 3. The zero-order chi connectivity index (χ0) is 20.9. The normalized spacial score (nSPS) is 25.5. The first kappa shape index (κ1) is 20.6. The quantitative estimate of drug-likeness (QED) is 0.447. The van der Waals surface area contributed by atoms with Gasteiger partial charge >= 0.3 is 6.18 Å². The van der Waals surface area contributed by atoms with E-state index in [0.29, 0.717) is 18.6 Å². The van der Waals surface area contributed by atoms with Gasteiger partial charge in [-0.15, -0.1) is 0 Å². The molecule has 0 radical (unpaired) electrons. The van der Waals surface area contributed by atoms with Crippen LogP contribution >= 0.6 is 0 Å². The summed E-state index contributed by atoms with van der Waals surface area (Å²) in [6, 6.07) is -0.0272. The Morgan fingerprint density at radius 1 is 1.21 bits per heavy atom. The average Bonchev–Trinajstić information content (AvgIpc) is 2.98. The fourth-order valence-corrected chi connectivity index (χ4v) is 4.30. The van der Waals surface area contributed by atoms with E-state index in [9.17, 15) is 35.9 Å². The molecule has 2 saturated heterocycles. The van der Waals surface area contributed by atoms with Crippen LogP contribution < -0.4 is 5.73 Å². The molecule has 3 atom stereocenters. The first-order chi connectivity index (χ1) is 13.0. The van der Waals surface area contributed by atoms with Gasteiger partial charge in [0.1, 0.15) is 11.4 Å². The van der Waals surface area contributed by atoms with Gasteiger partial charge < -0.3 is 10.6 Å². The molecule has 154 valence electrons. The van der Waals surface area contributed by atoms with Gasteiger partial charge in [0.2, 0.25) is 5.91 Å². The molecule has 1 amide bonds. The number of Topliss-reactive ketones (excluding diaryl/α,β-unsaturated/α-hetero) is 1. The SMILES string of the molecule is N[C@@H](CC(=O)C12CCCN1C(=O)[C@@H]2CC(F)(F)F)Cc1cc(F)c(F)cc1F. The van der Waals surface area contributed by atoms with Gasteiger partial charge in [-0.3, -0.25) is 9.59 Å². The number of halogens is 6. The first-order valence-corrected chi connectivity index (χ1v) is 8.76. The van der Waals surface area contributed by atoms with E-state index in [1.54, 1.807) is 0 Å². The molecule has 1 unspecified atom stereocenters. The molecule has 0 aromatic heterocycles. The van der Waals surface area contributed by atoms with Crippen LogP contribution in [-0.4, -0.2) is 40.9 Å². The van der Waals surface area contributed by atoms with E-state index >= 15 is 0 Å². The molecule has 2 aliphatic rings. The van der Waals surface area contributed by atoms with Crippen molar-refractivity contribution in [1.82, 2.24) is 4.90 Å². The summed E-state index contributed by atoms with van der Waals surface area (Å²) in [6.07, 6.45) is -6.18. The monoisotopic (exact) mass is 408 g/mol. The van der Waals surface area contributed by atoms with Crippen molar-refractivity contribution in [1.29, 1.82) is 0 Å². The molecule has 2 fully saturated rings. The first-order valence-electron chi connectivity index (χ1n) is 8.76. The molecule has 3 rings (SSSR count). The number of alkyl halides is 3. The van der Waals surface area contributed by atoms with E-state index in [0.717, 1.165) is 4.90 Å². The van der Waals surface area contributed by atoms with Crippen molar-refractivity contribution in [3.05, 3.63) is 35.1 Å². The largest absolute Gasteiger partial charge is 0.389 e. The predicted octanol–water partition coefficient (Wildman–Crippen LogP) is 2.88. The number of nitrogens with zero attached hydrogens (tertiary/aromatic N) is 1. The smallest absolute Gasteiger partial charge is 0.329 e. The summed E-state index contributed by atoms with van der Waals surface area (Å²) in [5.74, 6) is -6.47. The van der Waals surface area contributed by atoms with Gasteiger partial charge in [0, 0.05) is 25.1 Å². The van der Waals surface area contributed by atoms with Crippen molar-refractivity contribution < 1.29 is 35.9 Å². The fraction of sp³-hybridized carbons (Fsp3) is 0.556. The highest BCUT2D eigenvalue weighted by Gasteiger charge is 2.67. The van der Waals surface area contributed by atoms with Crippen LogP contribution in [-0.2, 0) is 16.0 Å². The number of hydrogen-bond donors (Lipinski definition) is 1. The maximum Gasteiger partial charge on any atom is 0.389 e. The Bertz CT molecular complexity index is 812. The summed E-state index contributed by atoms with van der Waals surface area (Å²) in [5.41, 5.74) is 4.07. The van der Waals surface area contributed by atoms with Crippen LogP contribution in [0.15, 0.2) is 12.1 Å². The average molecular weight is 408 g/mol. The second kappa shape index (κ2) is 7.06. The van der Waals surface area contributed by atoms with Gasteiger partial charge in [-0.25, -0.2) is 13.2 Å². The number of ketones is 1. The Balaban J connectivity index is 1.74. The lowest BCUT2D eigenvalue weighted by Gasteiger charge is -2.53. The molecular formula is C18H18F6N2O2. The topological polar surface area (TPSA) is 63.4 Å². The van der Waals surface area contributed by atoms with E-state index in [-0.39, 0.29) is 24.9 Å². The van der Waals surface area contributed by atoms with Gasteiger partial charge in [0.15, 0.2) is 17.4 Å². The summed E-state index contributed by atoms with van der Waals surface area (Å²) in [5, 5.41) is 0. The molecule has 1 aromatic carbocycles. The number of nitrogens with two attached hydrogens (primary N) is 1. The second-order valence-electron chi connectivity index (χ2n) is 7.34. The highest BCUT2D eigenvalue weighted by molar-refractivity contribution is 6.04. The van der Waals surface area contributed by atoms with Gasteiger partial charge in [0.05, 0.1) is 12.3 Å². The van der Waals surface area contributed by atoms with Crippen molar-refractivity contribution in [3.63, 3.8) is 0 Å². The molecule has 2 N–H and O–H groups in total. The van der Waals surface area contributed by atoms with Crippen LogP contribution in [0.5, 0.6) is 0 Å². The van der Waals surface area contributed by atoms with Crippen LogP contribution in [0.25, 0.3) is 0 Å². The van der Waals surface area contributed by atoms with Crippen LogP contribution in [0.4, 0.5) is 26.3 Å². The number of benzene rings is 1. The minimum Gasteiger partial charge on any atom is -0.329 e. The van der Waals surface area contributed by atoms with Gasteiger partial charge in [-0.05, 0) is 30.9 Å². The third-order valence-corrected chi connectivity index (χ3v) is 5.50. The Morgan fingerprint density at radius 2 is 1.86 bits per heavy atom. The predicted molar refractivity (Wildman–Crippen MR) is 85.5 cm³/mol. The van der Waals surface area contributed by atoms with E-state index in [1.807, 2.05) is 0 Å². The maximum atomic E-state index is 13.8. The Labute approximate surface area is 156 Å². The number of carbonyl (C=O) groups is 2. The summed E-state index contributed by atoms with van der Waals surface area (Å²) in [6.45, 7) is 0.200. The highest BCUT2D eigenvalue weighted by Crippen LogP contribution is 2.51. The summed E-state index contributed by atoms with van der Waals surface area (Å²) < 4.78 is 78.6. The molecule has 4 nitrogen and oxygen atoms in total. The van der Waals surface area contributed by atoms with Crippen LogP contribution in [0.1, 0.15) is 31.2 Å². The molecule has 0 spiro atoms. The molecule has 28 heavy (non-hydrogen) atoms. The van der Waals surface area contributed by atoms with E-state index in [2.05, 4.69) is 0 Å². The zero-order valence-corrected chi connectivity index (χ0v) is 14.7. The third-order valence-electron chi connectivity index (χ3n) is 5.50. The standard InChI is InChI=1S/C18H18F6N2O2/c19-12-7-14(21)13(20)5-9(12)4-10(25)6-15(27)17-2-1-3-26(17)16(28)11(17)8-18(22,23)24/h5,7,10-11H,1-4,6,8,25H2/t10-,11+,17?/m1/s1. The number of fused-ring (bicyclic) bond motifs is 1. The molecule has 0 bridgehead atoms. The minimum atomic E-state index is -4.60. The van der Waals surface area contributed by atoms with Crippen molar-refractivity contribution in [3.8, 4) is 0 Å². The number of β-lactam (4-membered cyclic amide) rings is 1. The Kier molecular flexibility index (Phi) is 5.20. The van der Waals surface area contributed by atoms with Crippen molar-refractivity contribution >= 4 is 11.7 Å². The molecule has 2 aliphatic heterocycles. The molecule has 2 heterocycles. The highest BCUT2D eigenvalue weighted by atomic mass is 19.4. The van der Waals surface area contributed by atoms with Crippen LogP contribution in [0.3, 0.4) is 0 Å². The zero-order valence-electron chi connectivity index (χ0n) is 14.7. The van der Waals surface area contributed by atoms with Gasteiger partial charge in [-0.1, -0.05) is 0 Å². The maximum absolute atomic E-state index is 13.8. The Morgan fingerprint density at radius 3 is 2.50 bits per heavy atom. The molecule has 10 heteroatoms.